The minimum atomic E-state index is -0.240. The lowest BCUT2D eigenvalue weighted by Gasteiger charge is -2.37. The van der Waals surface area contributed by atoms with Crippen molar-refractivity contribution >= 4 is 11.6 Å². The first-order valence-corrected chi connectivity index (χ1v) is 7.00. The topological polar surface area (TPSA) is 15.3 Å². The van der Waals surface area contributed by atoms with Gasteiger partial charge in [-0.05, 0) is 55.6 Å². The second-order valence-electron chi connectivity index (χ2n) is 5.38. The molecule has 0 aliphatic carbocycles. The Balaban J connectivity index is 1.74. The molecular weight excluding hydrogens is 251 g/mol. The van der Waals surface area contributed by atoms with Gasteiger partial charge in [-0.25, -0.2) is 4.39 Å². The van der Waals surface area contributed by atoms with E-state index in [2.05, 4.69) is 10.2 Å². The van der Waals surface area contributed by atoms with Crippen molar-refractivity contribution in [3.8, 4) is 0 Å². The molecule has 2 saturated heterocycles. The summed E-state index contributed by atoms with van der Waals surface area (Å²) in [5, 5.41) is 3.95. The van der Waals surface area contributed by atoms with Crippen LogP contribution in [-0.2, 0) is 6.54 Å². The van der Waals surface area contributed by atoms with E-state index in [9.17, 15) is 4.39 Å². The summed E-state index contributed by atoms with van der Waals surface area (Å²) in [5.41, 5.74) is 0.979. The molecule has 0 saturated carbocycles. The zero-order valence-corrected chi connectivity index (χ0v) is 11.1. The van der Waals surface area contributed by atoms with E-state index in [4.69, 9.17) is 11.6 Å². The van der Waals surface area contributed by atoms with Gasteiger partial charge in [0.25, 0.3) is 0 Å². The van der Waals surface area contributed by atoms with E-state index in [-0.39, 0.29) is 5.82 Å². The molecule has 2 atom stereocenters. The van der Waals surface area contributed by atoms with E-state index < -0.39 is 0 Å². The number of hydrogen-bond acceptors (Lipinski definition) is 2. The lowest BCUT2D eigenvalue weighted by Crippen LogP contribution is -2.44. The maximum Gasteiger partial charge on any atom is 0.125 e. The van der Waals surface area contributed by atoms with E-state index in [1.807, 2.05) is 6.07 Å². The third-order valence-corrected chi connectivity index (χ3v) is 4.32. The number of piperidine rings is 1. The Hall–Kier alpha value is -0.640. The first-order chi connectivity index (χ1) is 8.72. The average Bonchev–Trinajstić information content (AvgIpc) is 2.76. The molecule has 0 bridgehead atoms. The van der Waals surface area contributed by atoms with E-state index in [1.165, 1.54) is 18.9 Å². The molecule has 3 rings (SSSR count). The fraction of sp³-hybridized carbons (Fsp3) is 0.571. The minimum Gasteiger partial charge on any atom is -0.315 e. The summed E-state index contributed by atoms with van der Waals surface area (Å²) in [6.45, 7) is 4.11. The Bertz CT molecular complexity index is 418. The largest absolute Gasteiger partial charge is 0.315 e. The lowest BCUT2D eigenvalue weighted by atomic mass is 9.91. The van der Waals surface area contributed by atoms with Gasteiger partial charge in [-0.1, -0.05) is 11.6 Å². The molecule has 0 amide bonds. The fourth-order valence-electron chi connectivity index (χ4n) is 3.30. The number of fused-ring (bicyclic) bond motifs is 1. The highest BCUT2D eigenvalue weighted by Gasteiger charge is 2.34. The second-order valence-corrected chi connectivity index (χ2v) is 5.81. The van der Waals surface area contributed by atoms with Crippen molar-refractivity contribution < 1.29 is 4.39 Å². The van der Waals surface area contributed by atoms with Crippen molar-refractivity contribution in [3.05, 3.63) is 34.6 Å². The number of likely N-dealkylation sites (tertiary alicyclic amines) is 1. The van der Waals surface area contributed by atoms with Gasteiger partial charge >= 0.3 is 0 Å². The van der Waals surface area contributed by atoms with Crippen LogP contribution in [0.15, 0.2) is 18.2 Å². The van der Waals surface area contributed by atoms with Crippen molar-refractivity contribution in [1.82, 2.24) is 10.2 Å². The zero-order chi connectivity index (χ0) is 12.5. The van der Waals surface area contributed by atoms with E-state index in [1.54, 1.807) is 6.07 Å². The number of rotatable bonds is 2. The van der Waals surface area contributed by atoms with Gasteiger partial charge < -0.3 is 5.32 Å². The summed E-state index contributed by atoms with van der Waals surface area (Å²) in [4.78, 5) is 2.47. The molecule has 2 heterocycles. The highest BCUT2D eigenvalue weighted by Crippen LogP contribution is 2.28. The van der Waals surface area contributed by atoms with Gasteiger partial charge in [-0.2, -0.15) is 0 Å². The molecule has 1 aromatic rings. The van der Waals surface area contributed by atoms with Crippen LogP contribution < -0.4 is 5.32 Å². The van der Waals surface area contributed by atoms with Gasteiger partial charge in [-0.3, -0.25) is 4.90 Å². The van der Waals surface area contributed by atoms with Crippen LogP contribution in [0.1, 0.15) is 18.4 Å². The molecule has 98 valence electrons. The Kier molecular flexibility index (Phi) is 3.55. The fourth-order valence-corrected chi connectivity index (χ4v) is 3.54. The first-order valence-electron chi connectivity index (χ1n) is 6.62. The molecule has 4 heteroatoms. The standard InChI is InChI=1S/C14H18ClFN2/c15-12-4-10(5-13(16)6-12)9-18-3-1-2-11-7-17-8-14(11)18/h4-6,11,14,17H,1-3,7-9H2. The summed E-state index contributed by atoms with van der Waals surface area (Å²) in [6.07, 6.45) is 2.56. The summed E-state index contributed by atoms with van der Waals surface area (Å²) in [6, 6.07) is 5.44. The van der Waals surface area contributed by atoms with Gasteiger partial charge in [0, 0.05) is 24.2 Å². The van der Waals surface area contributed by atoms with E-state index >= 15 is 0 Å². The van der Waals surface area contributed by atoms with Crippen LogP contribution in [0.2, 0.25) is 5.02 Å². The van der Waals surface area contributed by atoms with Gasteiger partial charge in [-0.15, -0.1) is 0 Å². The van der Waals surface area contributed by atoms with Gasteiger partial charge in [0.1, 0.15) is 5.82 Å². The van der Waals surface area contributed by atoms with Crippen molar-refractivity contribution in [2.45, 2.75) is 25.4 Å². The highest BCUT2D eigenvalue weighted by atomic mass is 35.5. The third-order valence-electron chi connectivity index (χ3n) is 4.10. The number of hydrogen-bond donors (Lipinski definition) is 1. The normalized spacial score (nSPS) is 28.3. The average molecular weight is 269 g/mol. The van der Waals surface area contributed by atoms with Crippen LogP contribution in [0, 0.1) is 11.7 Å². The number of nitrogens with one attached hydrogen (secondary N) is 1. The van der Waals surface area contributed by atoms with Gasteiger partial charge in [0.05, 0.1) is 0 Å². The molecular formula is C14H18ClFN2. The van der Waals surface area contributed by atoms with Crippen LogP contribution in [0.5, 0.6) is 0 Å². The van der Waals surface area contributed by atoms with Crippen LogP contribution in [0.3, 0.4) is 0 Å². The van der Waals surface area contributed by atoms with Crippen molar-refractivity contribution in [2.75, 3.05) is 19.6 Å². The van der Waals surface area contributed by atoms with Gasteiger partial charge in [0.15, 0.2) is 0 Å². The lowest BCUT2D eigenvalue weighted by molar-refractivity contribution is 0.117. The first kappa shape index (κ1) is 12.4. The predicted octanol–water partition coefficient (Wildman–Crippen LogP) is 2.66. The number of halogens is 2. The highest BCUT2D eigenvalue weighted by molar-refractivity contribution is 6.30. The quantitative estimate of drug-likeness (QED) is 0.887. The molecule has 18 heavy (non-hydrogen) atoms. The molecule has 1 aromatic carbocycles. The Morgan fingerprint density at radius 1 is 1.33 bits per heavy atom. The van der Waals surface area contributed by atoms with Crippen molar-refractivity contribution in [1.29, 1.82) is 0 Å². The molecule has 2 fully saturated rings. The summed E-state index contributed by atoms with van der Waals surface area (Å²) in [5.74, 6) is 0.526. The molecule has 2 nitrogen and oxygen atoms in total. The maximum atomic E-state index is 13.3. The van der Waals surface area contributed by atoms with E-state index in [0.717, 1.165) is 37.7 Å². The van der Waals surface area contributed by atoms with Crippen molar-refractivity contribution in [3.63, 3.8) is 0 Å². The van der Waals surface area contributed by atoms with Crippen LogP contribution in [0.4, 0.5) is 4.39 Å². The summed E-state index contributed by atoms with van der Waals surface area (Å²) in [7, 11) is 0. The van der Waals surface area contributed by atoms with E-state index in [0.29, 0.717) is 11.1 Å². The number of nitrogens with zero attached hydrogens (tertiary/aromatic N) is 1. The third kappa shape index (κ3) is 2.53. The molecule has 1 N–H and O–H groups in total. The molecule has 2 unspecified atom stereocenters. The SMILES string of the molecule is Fc1cc(Cl)cc(CN2CCCC3CNCC32)c1. The Morgan fingerprint density at radius 3 is 3.06 bits per heavy atom. The Morgan fingerprint density at radius 2 is 2.22 bits per heavy atom. The number of benzene rings is 1. The van der Waals surface area contributed by atoms with Gasteiger partial charge in [0.2, 0.25) is 0 Å². The smallest absolute Gasteiger partial charge is 0.125 e. The monoisotopic (exact) mass is 268 g/mol. The summed E-state index contributed by atoms with van der Waals surface area (Å²) < 4.78 is 13.3. The zero-order valence-electron chi connectivity index (χ0n) is 10.3. The molecule has 0 radical (unpaired) electrons. The molecule has 2 aliphatic rings. The molecule has 0 aromatic heterocycles. The maximum absolute atomic E-state index is 13.3. The molecule has 2 aliphatic heterocycles. The Labute approximate surface area is 112 Å². The molecule has 0 spiro atoms. The van der Waals surface area contributed by atoms with Crippen LogP contribution >= 0.6 is 11.6 Å². The second kappa shape index (κ2) is 5.16. The van der Waals surface area contributed by atoms with Crippen LogP contribution in [-0.4, -0.2) is 30.6 Å². The van der Waals surface area contributed by atoms with Crippen molar-refractivity contribution in [2.24, 2.45) is 5.92 Å². The summed E-state index contributed by atoms with van der Waals surface area (Å²) >= 11 is 5.91. The minimum absolute atomic E-state index is 0.240. The van der Waals surface area contributed by atoms with Crippen LogP contribution in [0.25, 0.3) is 0 Å². The predicted molar refractivity (Wildman–Crippen MR) is 71.2 cm³/mol.